The third-order valence-electron chi connectivity index (χ3n) is 1.72. The first-order valence-corrected chi connectivity index (χ1v) is 6.30. The fourth-order valence-electron chi connectivity index (χ4n) is 0.969. The number of nitrogens with zero attached hydrogens (tertiary/aromatic N) is 2. The second kappa shape index (κ2) is 10.3. The molecule has 1 aromatic rings. The van der Waals surface area contributed by atoms with E-state index in [9.17, 15) is 4.79 Å². The Bertz CT molecular complexity index is 485. The van der Waals surface area contributed by atoms with Crippen molar-refractivity contribution in [2.75, 3.05) is 0 Å². The summed E-state index contributed by atoms with van der Waals surface area (Å²) in [5.41, 5.74) is 0.772. The molecule has 0 heterocycles. The normalized spacial score (nSPS) is 10.1. The van der Waals surface area contributed by atoms with E-state index in [1.165, 1.54) is 6.08 Å². The van der Waals surface area contributed by atoms with Crippen molar-refractivity contribution >= 4 is 48.2 Å². The van der Waals surface area contributed by atoms with Crippen LogP contribution in [-0.4, -0.2) is 19.0 Å². The zero-order chi connectivity index (χ0) is 14.7. The Hall–Kier alpha value is -1.65. The van der Waals surface area contributed by atoms with Gasteiger partial charge in [0.1, 0.15) is 6.34 Å². The summed E-state index contributed by atoms with van der Waals surface area (Å²) in [6.45, 7) is 7.12. The van der Waals surface area contributed by atoms with Gasteiger partial charge in [0, 0.05) is 12.8 Å². The topological polar surface area (TPSA) is 53.8 Å². The second-order valence-electron chi connectivity index (χ2n) is 2.90. The molecule has 0 atom stereocenters. The van der Waals surface area contributed by atoms with Crippen molar-refractivity contribution in [3.63, 3.8) is 0 Å². The summed E-state index contributed by atoms with van der Waals surface area (Å²) in [4.78, 5) is 11.2. The van der Waals surface area contributed by atoms with Crippen molar-refractivity contribution < 1.29 is 4.79 Å². The molecule has 0 radical (unpaired) electrons. The predicted octanol–water partition coefficient (Wildman–Crippen LogP) is 3.79. The van der Waals surface area contributed by atoms with Gasteiger partial charge in [-0.1, -0.05) is 43.1 Å². The van der Waals surface area contributed by atoms with Crippen molar-refractivity contribution in [1.29, 1.82) is 0 Å². The number of carbonyl (C=O) groups excluding carboxylic acids is 1. The van der Waals surface area contributed by atoms with Crippen molar-refractivity contribution in [3.8, 4) is 0 Å². The fourth-order valence-corrected chi connectivity index (χ4v) is 1.28. The molecular weight excluding hydrogens is 285 g/mol. The molecule has 0 aliphatic rings. The van der Waals surface area contributed by atoms with E-state index in [2.05, 4.69) is 22.2 Å². The van der Waals surface area contributed by atoms with Crippen LogP contribution < -0.4 is 5.32 Å². The van der Waals surface area contributed by atoms with Crippen molar-refractivity contribution in [3.05, 3.63) is 39.9 Å². The number of hydrogen-bond acceptors (Lipinski definition) is 3. The van der Waals surface area contributed by atoms with Crippen molar-refractivity contribution in [2.45, 2.75) is 13.8 Å². The van der Waals surface area contributed by atoms with Crippen molar-refractivity contribution in [2.24, 2.45) is 10.2 Å². The minimum atomic E-state index is -0.330. The molecule has 0 aliphatic heterocycles. The maximum atomic E-state index is 11.2. The standard InChI is InChI=1S/C11H9Cl2N3O.C2H6/c1-14-16-7-15-11(17)5-3-8-2-4-9(12)10(13)6-8;1-2/h2-7H,1H2,(H,15,16,17);1-2H3/b5-3+;. The molecule has 0 fully saturated rings. The van der Waals surface area contributed by atoms with E-state index in [4.69, 9.17) is 23.2 Å². The summed E-state index contributed by atoms with van der Waals surface area (Å²) >= 11 is 11.6. The van der Waals surface area contributed by atoms with Crippen LogP contribution in [0.5, 0.6) is 0 Å². The van der Waals surface area contributed by atoms with Gasteiger partial charge in [0.15, 0.2) is 0 Å². The number of carbonyl (C=O) groups is 1. The molecule has 0 spiro atoms. The Labute approximate surface area is 122 Å². The van der Waals surface area contributed by atoms with Crippen LogP contribution >= 0.6 is 23.2 Å². The van der Waals surface area contributed by atoms with Crippen LogP contribution in [0.2, 0.25) is 10.0 Å². The van der Waals surface area contributed by atoms with Gasteiger partial charge < -0.3 is 5.32 Å². The summed E-state index contributed by atoms with van der Waals surface area (Å²) in [7, 11) is 0. The molecule has 6 heteroatoms. The number of halogens is 2. The number of rotatable bonds is 4. The SMILES string of the molecule is C=N/N=C/NC(=O)/C=C/c1ccc(Cl)c(Cl)c1.CC. The molecule has 0 unspecified atom stereocenters. The minimum Gasteiger partial charge on any atom is -0.312 e. The lowest BCUT2D eigenvalue weighted by atomic mass is 10.2. The van der Waals surface area contributed by atoms with E-state index in [1.54, 1.807) is 24.3 Å². The lowest BCUT2D eigenvalue weighted by Gasteiger charge is -1.97. The zero-order valence-corrected chi connectivity index (χ0v) is 12.2. The zero-order valence-electron chi connectivity index (χ0n) is 10.7. The summed E-state index contributed by atoms with van der Waals surface area (Å²) in [6, 6.07) is 5.06. The van der Waals surface area contributed by atoms with E-state index in [0.717, 1.165) is 11.9 Å². The van der Waals surface area contributed by atoms with Gasteiger partial charge in [0.05, 0.1) is 10.0 Å². The predicted molar refractivity (Wildman–Crippen MR) is 83.0 cm³/mol. The van der Waals surface area contributed by atoms with Crippen LogP contribution in [0.1, 0.15) is 19.4 Å². The molecule has 0 saturated carbocycles. The third-order valence-corrected chi connectivity index (χ3v) is 2.46. The highest BCUT2D eigenvalue weighted by Gasteiger charge is 1.97. The van der Waals surface area contributed by atoms with Gasteiger partial charge >= 0.3 is 0 Å². The molecule has 1 aromatic carbocycles. The molecule has 4 nitrogen and oxygen atoms in total. The van der Waals surface area contributed by atoms with Gasteiger partial charge in [-0.3, -0.25) is 4.79 Å². The van der Waals surface area contributed by atoms with Crippen LogP contribution in [0.3, 0.4) is 0 Å². The van der Waals surface area contributed by atoms with E-state index in [1.807, 2.05) is 13.8 Å². The molecule has 19 heavy (non-hydrogen) atoms. The summed E-state index contributed by atoms with van der Waals surface area (Å²) in [5.74, 6) is -0.330. The van der Waals surface area contributed by atoms with Gasteiger partial charge in [-0.2, -0.15) is 5.10 Å². The number of benzene rings is 1. The highest BCUT2D eigenvalue weighted by molar-refractivity contribution is 6.42. The van der Waals surface area contributed by atoms with E-state index in [-0.39, 0.29) is 5.91 Å². The lowest BCUT2D eigenvalue weighted by molar-refractivity contribution is -0.115. The molecular formula is C13H15Cl2N3O. The number of nitrogens with one attached hydrogen (secondary N) is 1. The first-order chi connectivity index (χ1) is 9.13. The van der Waals surface area contributed by atoms with E-state index in [0.29, 0.717) is 10.0 Å². The summed E-state index contributed by atoms with van der Waals surface area (Å²) < 4.78 is 0. The average molecular weight is 300 g/mol. The van der Waals surface area contributed by atoms with Gasteiger partial charge in [-0.25, -0.2) is 0 Å². The van der Waals surface area contributed by atoms with Gasteiger partial charge in [0.25, 0.3) is 0 Å². The largest absolute Gasteiger partial charge is 0.312 e. The fraction of sp³-hybridized carbons (Fsp3) is 0.154. The Balaban J connectivity index is 0.00000154. The molecule has 1 N–H and O–H groups in total. The minimum absolute atomic E-state index is 0.330. The molecule has 0 bridgehead atoms. The quantitative estimate of drug-likeness (QED) is 0.391. The number of amides is 1. The lowest BCUT2D eigenvalue weighted by Crippen LogP contribution is -2.18. The average Bonchev–Trinajstić information content (AvgIpc) is 2.43. The summed E-state index contributed by atoms with van der Waals surface area (Å²) in [6.07, 6.45) is 4.09. The van der Waals surface area contributed by atoms with Gasteiger partial charge in [-0.05, 0) is 23.8 Å². The van der Waals surface area contributed by atoms with Crippen LogP contribution in [0.4, 0.5) is 0 Å². The Kier molecular flexibility index (Phi) is 9.40. The maximum Gasteiger partial charge on any atom is 0.249 e. The van der Waals surface area contributed by atoms with Gasteiger partial charge in [-0.15, -0.1) is 5.10 Å². The first-order valence-electron chi connectivity index (χ1n) is 5.54. The smallest absolute Gasteiger partial charge is 0.249 e. The van der Waals surface area contributed by atoms with Crippen LogP contribution in [0.15, 0.2) is 34.5 Å². The Morgan fingerprint density at radius 2 is 2.00 bits per heavy atom. The maximum absolute atomic E-state index is 11.2. The van der Waals surface area contributed by atoms with Crippen molar-refractivity contribution in [1.82, 2.24) is 5.32 Å². The van der Waals surface area contributed by atoms with Crippen LogP contribution in [-0.2, 0) is 4.79 Å². The van der Waals surface area contributed by atoms with Crippen LogP contribution in [0, 0.1) is 0 Å². The molecule has 1 rings (SSSR count). The highest BCUT2D eigenvalue weighted by atomic mass is 35.5. The molecule has 102 valence electrons. The number of hydrogen-bond donors (Lipinski definition) is 1. The molecule has 1 amide bonds. The second-order valence-corrected chi connectivity index (χ2v) is 3.72. The highest BCUT2D eigenvalue weighted by Crippen LogP contribution is 2.22. The van der Waals surface area contributed by atoms with Gasteiger partial charge in [0.2, 0.25) is 5.91 Å². The summed E-state index contributed by atoms with van der Waals surface area (Å²) in [5, 5.41) is 9.85. The molecule has 0 aliphatic carbocycles. The monoisotopic (exact) mass is 299 g/mol. The van der Waals surface area contributed by atoms with E-state index < -0.39 is 0 Å². The third kappa shape index (κ3) is 7.39. The first kappa shape index (κ1) is 17.4. The Morgan fingerprint density at radius 3 is 2.58 bits per heavy atom. The van der Waals surface area contributed by atoms with Crippen LogP contribution in [0.25, 0.3) is 6.08 Å². The Morgan fingerprint density at radius 1 is 1.32 bits per heavy atom. The van der Waals surface area contributed by atoms with E-state index >= 15 is 0 Å². The molecule has 0 aromatic heterocycles. The molecule has 0 saturated heterocycles.